The van der Waals surface area contributed by atoms with Crippen molar-refractivity contribution in [2.75, 3.05) is 14.2 Å². The summed E-state index contributed by atoms with van der Waals surface area (Å²) in [6.45, 7) is 8.43. The first-order chi connectivity index (χ1) is 6.20. The molecule has 1 aliphatic rings. The normalized spacial score (nSPS) is 30.0. The highest BCUT2D eigenvalue weighted by atomic mass is 16.5. The molecule has 0 aromatic rings. The van der Waals surface area contributed by atoms with Crippen LogP contribution in [0.4, 0.5) is 0 Å². The third kappa shape index (κ3) is 3.65. The van der Waals surface area contributed by atoms with Gasteiger partial charge in [0.25, 0.3) is 0 Å². The van der Waals surface area contributed by atoms with E-state index in [-0.39, 0.29) is 0 Å². The van der Waals surface area contributed by atoms with Crippen molar-refractivity contribution >= 4 is 0 Å². The molecule has 0 heterocycles. The van der Waals surface area contributed by atoms with E-state index in [0.29, 0.717) is 12.1 Å². The van der Waals surface area contributed by atoms with Gasteiger partial charge in [-0.15, -0.1) is 0 Å². The first kappa shape index (κ1) is 12.9. The molecule has 2 heteroatoms. The SMILES string of the molecule is CC.CN[C@@H]([C@H]1C[C@H]1C)[C@H](C)OC. The first-order valence-electron chi connectivity index (χ1n) is 5.40. The van der Waals surface area contributed by atoms with Gasteiger partial charge in [0.15, 0.2) is 0 Å². The third-order valence-electron chi connectivity index (χ3n) is 2.84. The topological polar surface area (TPSA) is 21.3 Å². The molecule has 0 bridgehead atoms. The molecular weight excluding hydrogens is 162 g/mol. The minimum absolute atomic E-state index is 0.343. The average molecular weight is 187 g/mol. The number of likely N-dealkylation sites (N-methyl/N-ethyl adjacent to an activating group) is 1. The lowest BCUT2D eigenvalue weighted by Crippen LogP contribution is -2.39. The largest absolute Gasteiger partial charge is 0.380 e. The summed E-state index contributed by atoms with van der Waals surface area (Å²) in [6, 6.07) is 0.551. The molecule has 0 radical (unpaired) electrons. The summed E-state index contributed by atoms with van der Waals surface area (Å²) < 4.78 is 5.29. The van der Waals surface area contributed by atoms with Crippen LogP contribution in [0.25, 0.3) is 0 Å². The Balaban J connectivity index is 0.000000671. The van der Waals surface area contributed by atoms with Crippen molar-refractivity contribution in [3.05, 3.63) is 0 Å². The van der Waals surface area contributed by atoms with Crippen molar-refractivity contribution in [1.29, 1.82) is 0 Å². The van der Waals surface area contributed by atoms with E-state index in [2.05, 4.69) is 19.2 Å². The predicted octanol–water partition coefficient (Wildman–Crippen LogP) is 2.29. The third-order valence-corrected chi connectivity index (χ3v) is 2.84. The highest BCUT2D eigenvalue weighted by molar-refractivity contribution is 4.94. The lowest BCUT2D eigenvalue weighted by atomic mass is 10.1. The van der Waals surface area contributed by atoms with E-state index in [1.54, 1.807) is 7.11 Å². The Morgan fingerprint density at radius 1 is 1.38 bits per heavy atom. The van der Waals surface area contributed by atoms with E-state index < -0.39 is 0 Å². The highest BCUT2D eigenvalue weighted by Gasteiger charge is 2.41. The number of nitrogens with one attached hydrogen (secondary N) is 1. The lowest BCUT2D eigenvalue weighted by Gasteiger charge is -2.22. The molecule has 2 nitrogen and oxygen atoms in total. The van der Waals surface area contributed by atoms with Crippen LogP contribution in [0.15, 0.2) is 0 Å². The molecule has 4 atom stereocenters. The summed E-state index contributed by atoms with van der Waals surface area (Å²) >= 11 is 0. The Labute approximate surface area is 83.1 Å². The van der Waals surface area contributed by atoms with Gasteiger partial charge < -0.3 is 10.1 Å². The van der Waals surface area contributed by atoms with Crippen LogP contribution in [0.3, 0.4) is 0 Å². The molecule has 1 N–H and O–H groups in total. The lowest BCUT2D eigenvalue weighted by molar-refractivity contribution is 0.0768. The van der Waals surface area contributed by atoms with E-state index in [4.69, 9.17) is 4.74 Å². The molecule has 0 aromatic heterocycles. The summed E-state index contributed by atoms with van der Waals surface area (Å²) in [7, 11) is 3.80. The summed E-state index contributed by atoms with van der Waals surface area (Å²) in [6.07, 6.45) is 1.70. The van der Waals surface area contributed by atoms with Crippen LogP contribution in [0.5, 0.6) is 0 Å². The summed E-state index contributed by atoms with van der Waals surface area (Å²) in [5.41, 5.74) is 0. The number of hydrogen-bond acceptors (Lipinski definition) is 2. The Hall–Kier alpha value is -0.0800. The van der Waals surface area contributed by atoms with Crippen LogP contribution in [0, 0.1) is 11.8 Å². The van der Waals surface area contributed by atoms with Gasteiger partial charge >= 0.3 is 0 Å². The predicted molar refractivity (Wildman–Crippen MR) is 57.9 cm³/mol. The quantitative estimate of drug-likeness (QED) is 0.729. The van der Waals surface area contributed by atoms with E-state index in [9.17, 15) is 0 Å². The van der Waals surface area contributed by atoms with Crippen LogP contribution in [-0.2, 0) is 4.74 Å². The van der Waals surface area contributed by atoms with Crippen LogP contribution >= 0.6 is 0 Å². The van der Waals surface area contributed by atoms with Crippen LogP contribution in [0.2, 0.25) is 0 Å². The van der Waals surface area contributed by atoms with Gasteiger partial charge in [0.05, 0.1) is 6.10 Å². The zero-order valence-electron chi connectivity index (χ0n) is 9.92. The maximum atomic E-state index is 5.29. The second-order valence-electron chi connectivity index (χ2n) is 3.63. The zero-order valence-corrected chi connectivity index (χ0v) is 9.92. The van der Waals surface area contributed by atoms with Crippen molar-refractivity contribution in [2.24, 2.45) is 11.8 Å². The average Bonchev–Trinajstić information content (AvgIpc) is 2.87. The van der Waals surface area contributed by atoms with Crippen LogP contribution < -0.4 is 5.32 Å². The fourth-order valence-electron chi connectivity index (χ4n) is 1.79. The molecule has 0 amide bonds. The highest BCUT2D eigenvalue weighted by Crippen LogP contribution is 2.41. The van der Waals surface area contributed by atoms with E-state index >= 15 is 0 Å². The van der Waals surface area contributed by atoms with Gasteiger partial charge in [-0.2, -0.15) is 0 Å². The minimum atomic E-state index is 0.343. The molecule has 0 unspecified atom stereocenters. The molecule has 0 aromatic carbocycles. The smallest absolute Gasteiger partial charge is 0.0698 e. The Kier molecular flexibility index (Phi) is 6.35. The van der Waals surface area contributed by atoms with E-state index in [1.807, 2.05) is 20.9 Å². The summed E-state index contributed by atoms with van der Waals surface area (Å²) in [5.74, 6) is 1.74. The van der Waals surface area contributed by atoms with Crippen LogP contribution in [-0.4, -0.2) is 26.3 Å². The fourth-order valence-corrected chi connectivity index (χ4v) is 1.79. The van der Waals surface area contributed by atoms with Gasteiger partial charge in [-0.05, 0) is 32.2 Å². The first-order valence-corrected chi connectivity index (χ1v) is 5.40. The number of rotatable bonds is 4. The van der Waals surface area contributed by atoms with Crippen molar-refractivity contribution in [1.82, 2.24) is 5.32 Å². The second-order valence-corrected chi connectivity index (χ2v) is 3.63. The van der Waals surface area contributed by atoms with E-state index in [1.165, 1.54) is 6.42 Å². The van der Waals surface area contributed by atoms with Gasteiger partial charge in [0.1, 0.15) is 0 Å². The Morgan fingerprint density at radius 3 is 2.08 bits per heavy atom. The maximum absolute atomic E-state index is 5.29. The van der Waals surface area contributed by atoms with Crippen molar-refractivity contribution < 1.29 is 4.74 Å². The fraction of sp³-hybridized carbons (Fsp3) is 1.00. The number of ether oxygens (including phenoxy) is 1. The molecular formula is C11H25NO. The van der Waals surface area contributed by atoms with Gasteiger partial charge in [-0.3, -0.25) is 0 Å². The summed E-state index contributed by atoms with van der Waals surface area (Å²) in [5, 5.41) is 3.32. The molecule has 1 rings (SSSR count). The second kappa shape index (κ2) is 6.39. The Bertz CT molecular complexity index is 123. The molecule has 0 saturated heterocycles. The van der Waals surface area contributed by atoms with Gasteiger partial charge in [0, 0.05) is 13.2 Å². The molecule has 1 fully saturated rings. The molecule has 80 valence electrons. The van der Waals surface area contributed by atoms with Crippen molar-refractivity contribution in [2.45, 2.75) is 46.3 Å². The van der Waals surface area contributed by atoms with E-state index in [0.717, 1.165) is 11.8 Å². The molecule has 1 aliphatic carbocycles. The molecule has 1 saturated carbocycles. The van der Waals surface area contributed by atoms with Crippen LogP contribution in [0.1, 0.15) is 34.1 Å². The zero-order chi connectivity index (χ0) is 10.4. The maximum Gasteiger partial charge on any atom is 0.0698 e. The number of methoxy groups -OCH3 is 1. The van der Waals surface area contributed by atoms with Gasteiger partial charge in [-0.25, -0.2) is 0 Å². The molecule has 13 heavy (non-hydrogen) atoms. The molecule has 0 aliphatic heterocycles. The van der Waals surface area contributed by atoms with Crippen molar-refractivity contribution in [3.8, 4) is 0 Å². The number of hydrogen-bond donors (Lipinski definition) is 1. The minimum Gasteiger partial charge on any atom is -0.380 e. The van der Waals surface area contributed by atoms with Gasteiger partial charge in [-0.1, -0.05) is 20.8 Å². The summed E-state index contributed by atoms with van der Waals surface area (Å²) in [4.78, 5) is 0. The van der Waals surface area contributed by atoms with Crippen molar-refractivity contribution in [3.63, 3.8) is 0 Å². The Morgan fingerprint density at radius 2 is 1.85 bits per heavy atom. The molecule has 0 spiro atoms. The standard InChI is InChI=1S/C9H19NO.C2H6/c1-6-5-8(6)9(10-3)7(2)11-4;1-2/h6-10H,5H2,1-4H3;1-2H3/t6-,7+,8+,9-;/m1./s1. The monoisotopic (exact) mass is 187 g/mol. The van der Waals surface area contributed by atoms with Gasteiger partial charge in [0.2, 0.25) is 0 Å².